The van der Waals surface area contributed by atoms with Crippen molar-refractivity contribution in [1.82, 2.24) is 9.97 Å². The Balaban J connectivity index is 2.14. The van der Waals surface area contributed by atoms with Crippen LogP contribution < -0.4 is 11.4 Å². The van der Waals surface area contributed by atoms with Crippen molar-refractivity contribution < 1.29 is 4.39 Å². The zero-order valence-electron chi connectivity index (χ0n) is 10.6. The van der Waals surface area contributed by atoms with Gasteiger partial charge in [-0.25, -0.2) is 9.18 Å². The van der Waals surface area contributed by atoms with Gasteiger partial charge < -0.3 is 15.7 Å². The molecule has 1 atom stereocenters. The number of fused-ring (bicyclic) bond motifs is 1. The normalized spacial score (nSPS) is 12.8. The number of aromatic nitrogens is 2. The van der Waals surface area contributed by atoms with E-state index in [9.17, 15) is 9.18 Å². The van der Waals surface area contributed by atoms with Gasteiger partial charge in [0, 0.05) is 9.50 Å². The van der Waals surface area contributed by atoms with Crippen molar-refractivity contribution in [2.45, 2.75) is 6.04 Å². The summed E-state index contributed by atoms with van der Waals surface area (Å²) in [5, 5.41) is 0.261. The van der Waals surface area contributed by atoms with Gasteiger partial charge in [-0.15, -0.1) is 0 Å². The van der Waals surface area contributed by atoms with Gasteiger partial charge in [0.15, 0.2) is 0 Å². The minimum atomic E-state index is -0.546. The van der Waals surface area contributed by atoms with Crippen LogP contribution in [0.15, 0.2) is 39.6 Å². The van der Waals surface area contributed by atoms with E-state index in [4.69, 9.17) is 17.3 Å². The smallest absolute Gasteiger partial charge is 0.320 e. The van der Waals surface area contributed by atoms with Crippen molar-refractivity contribution in [2.24, 2.45) is 5.73 Å². The molecule has 7 heteroatoms. The van der Waals surface area contributed by atoms with Crippen LogP contribution in [-0.2, 0) is 0 Å². The number of rotatable bonds is 2. The van der Waals surface area contributed by atoms with E-state index in [0.29, 0.717) is 16.6 Å². The fourth-order valence-corrected chi connectivity index (χ4v) is 3.11. The van der Waals surface area contributed by atoms with Crippen LogP contribution in [0.25, 0.3) is 11.0 Å². The number of hydrogen-bond acceptors (Lipinski definition) is 2. The maximum absolute atomic E-state index is 13.1. The van der Waals surface area contributed by atoms with Gasteiger partial charge in [0.05, 0.1) is 17.1 Å². The van der Waals surface area contributed by atoms with E-state index in [1.165, 1.54) is 12.1 Å². The maximum Gasteiger partial charge on any atom is 0.323 e. The van der Waals surface area contributed by atoms with E-state index in [2.05, 4.69) is 25.9 Å². The monoisotopic (exact) mass is 369 g/mol. The highest BCUT2D eigenvalue weighted by molar-refractivity contribution is 9.10. The van der Waals surface area contributed by atoms with Gasteiger partial charge in [0.25, 0.3) is 0 Å². The summed E-state index contributed by atoms with van der Waals surface area (Å²) in [4.78, 5) is 16.7. The zero-order chi connectivity index (χ0) is 15.1. The van der Waals surface area contributed by atoms with Crippen LogP contribution in [-0.4, -0.2) is 9.97 Å². The number of halogens is 3. The Bertz CT molecular complexity index is 890. The number of aromatic amines is 2. The number of benzene rings is 2. The summed E-state index contributed by atoms with van der Waals surface area (Å²) >= 11 is 9.48. The Hall–Kier alpha value is -1.63. The predicted molar refractivity (Wildman–Crippen MR) is 84.1 cm³/mol. The summed E-state index contributed by atoms with van der Waals surface area (Å²) in [6, 6.07) is 7.07. The van der Waals surface area contributed by atoms with Crippen molar-refractivity contribution in [3.63, 3.8) is 0 Å². The van der Waals surface area contributed by atoms with Crippen molar-refractivity contribution in [3.8, 4) is 0 Å². The first-order chi connectivity index (χ1) is 9.95. The predicted octanol–water partition coefficient (Wildman–Crippen LogP) is 3.46. The first kappa shape index (κ1) is 14.3. The Morgan fingerprint density at radius 3 is 2.48 bits per heavy atom. The maximum atomic E-state index is 13.1. The van der Waals surface area contributed by atoms with Crippen LogP contribution in [0.4, 0.5) is 4.39 Å². The lowest BCUT2D eigenvalue weighted by atomic mass is 9.99. The molecule has 0 amide bonds. The van der Waals surface area contributed by atoms with Gasteiger partial charge in [0.1, 0.15) is 5.82 Å². The van der Waals surface area contributed by atoms with Crippen LogP contribution in [0, 0.1) is 5.82 Å². The molecule has 0 radical (unpaired) electrons. The van der Waals surface area contributed by atoms with E-state index >= 15 is 0 Å². The second-order valence-corrected chi connectivity index (χ2v) is 5.90. The number of imidazole rings is 1. The summed E-state index contributed by atoms with van der Waals surface area (Å²) < 4.78 is 13.9. The number of nitrogens with one attached hydrogen (secondary N) is 2. The van der Waals surface area contributed by atoms with Crippen LogP contribution in [0.5, 0.6) is 0 Å². The largest absolute Gasteiger partial charge is 0.323 e. The minimum absolute atomic E-state index is 0.261. The van der Waals surface area contributed by atoms with Gasteiger partial charge in [0.2, 0.25) is 0 Å². The van der Waals surface area contributed by atoms with E-state index in [1.54, 1.807) is 18.2 Å². The lowest BCUT2D eigenvalue weighted by Crippen LogP contribution is -2.13. The number of H-pyrrole nitrogens is 2. The van der Waals surface area contributed by atoms with E-state index in [-0.39, 0.29) is 10.7 Å². The molecule has 4 nitrogen and oxygen atoms in total. The molecule has 0 bridgehead atoms. The van der Waals surface area contributed by atoms with E-state index in [0.717, 1.165) is 10.0 Å². The molecular weight excluding hydrogens is 361 g/mol. The SMILES string of the molecule is NC(c1ccc(F)cc1Cl)c1cc2[nH]c(=O)[nH]c2cc1Br. The topological polar surface area (TPSA) is 74.7 Å². The molecule has 3 aromatic rings. The molecule has 1 heterocycles. The van der Waals surface area contributed by atoms with Gasteiger partial charge >= 0.3 is 5.69 Å². The summed E-state index contributed by atoms with van der Waals surface area (Å²) in [6.45, 7) is 0. The molecule has 1 aromatic heterocycles. The number of hydrogen-bond donors (Lipinski definition) is 3. The molecule has 1 unspecified atom stereocenters. The van der Waals surface area contributed by atoms with Gasteiger partial charge in [-0.3, -0.25) is 0 Å². The minimum Gasteiger partial charge on any atom is -0.320 e. The fraction of sp³-hybridized carbons (Fsp3) is 0.0714. The van der Waals surface area contributed by atoms with Crippen molar-refractivity contribution in [2.75, 3.05) is 0 Å². The van der Waals surface area contributed by atoms with Crippen molar-refractivity contribution in [1.29, 1.82) is 0 Å². The molecule has 0 aliphatic carbocycles. The molecule has 2 aromatic carbocycles. The Morgan fingerprint density at radius 1 is 1.14 bits per heavy atom. The first-order valence-corrected chi connectivity index (χ1v) is 7.25. The van der Waals surface area contributed by atoms with Crippen molar-refractivity contribution in [3.05, 3.63) is 67.3 Å². The average molecular weight is 371 g/mol. The molecule has 3 rings (SSSR count). The highest BCUT2D eigenvalue weighted by Crippen LogP contribution is 2.32. The molecule has 21 heavy (non-hydrogen) atoms. The highest BCUT2D eigenvalue weighted by Gasteiger charge is 2.17. The van der Waals surface area contributed by atoms with Crippen LogP contribution in [0.3, 0.4) is 0 Å². The highest BCUT2D eigenvalue weighted by atomic mass is 79.9. The molecule has 0 spiro atoms. The second-order valence-electron chi connectivity index (χ2n) is 4.64. The second kappa shape index (κ2) is 5.29. The summed E-state index contributed by atoms with van der Waals surface area (Å²) in [5.74, 6) is -0.416. The molecule has 0 aliphatic heterocycles. The molecule has 0 saturated heterocycles. The van der Waals surface area contributed by atoms with Crippen LogP contribution >= 0.6 is 27.5 Å². The first-order valence-electron chi connectivity index (χ1n) is 6.07. The summed E-state index contributed by atoms with van der Waals surface area (Å²) in [6.07, 6.45) is 0. The van der Waals surface area contributed by atoms with Crippen LogP contribution in [0.2, 0.25) is 5.02 Å². The third kappa shape index (κ3) is 2.62. The van der Waals surface area contributed by atoms with Crippen molar-refractivity contribution >= 4 is 38.6 Å². The third-order valence-electron chi connectivity index (χ3n) is 3.27. The number of nitrogens with two attached hydrogens (primary N) is 1. The van der Waals surface area contributed by atoms with Gasteiger partial charge in [-0.1, -0.05) is 33.6 Å². The standard InChI is InChI=1S/C14H10BrClFN3O/c15-9-5-12-11(19-14(21)20-12)4-8(9)13(18)7-2-1-6(17)3-10(7)16/h1-5,13H,18H2,(H2,19,20,21). The molecule has 0 saturated carbocycles. The van der Waals surface area contributed by atoms with E-state index in [1.807, 2.05) is 0 Å². The third-order valence-corrected chi connectivity index (χ3v) is 4.28. The lowest BCUT2D eigenvalue weighted by Gasteiger charge is -2.16. The summed E-state index contributed by atoms with van der Waals surface area (Å²) in [5.41, 5.74) is 8.61. The molecule has 0 aliphatic rings. The van der Waals surface area contributed by atoms with Gasteiger partial charge in [-0.2, -0.15) is 0 Å². The van der Waals surface area contributed by atoms with E-state index < -0.39 is 11.9 Å². The van der Waals surface area contributed by atoms with Gasteiger partial charge in [-0.05, 0) is 35.4 Å². The molecule has 4 N–H and O–H groups in total. The fourth-order valence-electron chi connectivity index (χ4n) is 2.23. The Morgan fingerprint density at radius 2 is 1.81 bits per heavy atom. The molecule has 108 valence electrons. The Kier molecular flexibility index (Phi) is 3.61. The van der Waals surface area contributed by atoms with Crippen LogP contribution in [0.1, 0.15) is 17.2 Å². The molecule has 0 fully saturated rings. The lowest BCUT2D eigenvalue weighted by molar-refractivity contribution is 0.626. The Labute approximate surface area is 132 Å². The zero-order valence-corrected chi connectivity index (χ0v) is 12.9. The average Bonchev–Trinajstić information content (AvgIpc) is 2.76. The quantitative estimate of drug-likeness (QED) is 0.646. The summed E-state index contributed by atoms with van der Waals surface area (Å²) in [7, 11) is 0. The molecular formula is C14H10BrClFN3O.